The molecule has 1 aliphatic heterocycles. The Labute approximate surface area is 58.5 Å². The number of carbonyl (C=O) groups excluding carboxylic acids is 1. The lowest BCUT2D eigenvalue weighted by molar-refractivity contribution is -0.117. The Balaban J connectivity index is 2.22. The topological polar surface area (TPSA) is 17.1 Å². The van der Waals surface area contributed by atoms with Gasteiger partial charge in [-0.2, -0.15) is 0 Å². The highest BCUT2D eigenvalue weighted by molar-refractivity contribution is 8.03. The van der Waals surface area contributed by atoms with Crippen LogP contribution in [0.1, 0.15) is 12.8 Å². The van der Waals surface area contributed by atoms with Crippen molar-refractivity contribution in [2.45, 2.75) is 18.1 Å². The van der Waals surface area contributed by atoms with Gasteiger partial charge in [0.1, 0.15) is 5.78 Å². The first-order valence-electron chi connectivity index (χ1n) is 3.23. The molecule has 9 heavy (non-hydrogen) atoms. The van der Waals surface area contributed by atoms with Crippen LogP contribution in [0.3, 0.4) is 0 Å². The van der Waals surface area contributed by atoms with E-state index in [1.165, 1.54) is 0 Å². The van der Waals surface area contributed by atoms with Crippen LogP contribution in [-0.2, 0) is 4.79 Å². The van der Waals surface area contributed by atoms with Crippen molar-refractivity contribution in [3.63, 3.8) is 0 Å². The first kappa shape index (κ1) is 5.54. The summed E-state index contributed by atoms with van der Waals surface area (Å²) >= 11 is 1.69. The van der Waals surface area contributed by atoms with E-state index < -0.39 is 0 Å². The minimum absolute atomic E-state index is 0.310. The van der Waals surface area contributed by atoms with Gasteiger partial charge in [-0.1, -0.05) is 6.08 Å². The molecule has 0 saturated heterocycles. The second-order valence-electron chi connectivity index (χ2n) is 2.55. The molecule has 2 aliphatic rings. The number of carbonyl (C=O) groups is 1. The Kier molecular flexibility index (Phi) is 1.15. The summed E-state index contributed by atoms with van der Waals surface area (Å²) < 4.78 is 0. The molecule has 1 aliphatic carbocycles. The molecule has 1 fully saturated rings. The summed E-state index contributed by atoms with van der Waals surface area (Å²) in [7, 11) is 0. The van der Waals surface area contributed by atoms with E-state index in [-0.39, 0.29) is 0 Å². The standard InChI is InChI=1S/C7H8OS/c8-6-2-1-5-3-4-9-7(5)6/h3-5,7H,1-2H2. The highest BCUT2D eigenvalue weighted by Crippen LogP contribution is 2.39. The Morgan fingerprint density at radius 1 is 1.67 bits per heavy atom. The van der Waals surface area contributed by atoms with Gasteiger partial charge in [0.15, 0.2) is 0 Å². The van der Waals surface area contributed by atoms with Crippen LogP contribution in [0.25, 0.3) is 0 Å². The molecule has 2 unspecified atom stereocenters. The number of thioether (sulfide) groups is 1. The van der Waals surface area contributed by atoms with Crippen molar-refractivity contribution in [2.24, 2.45) is 5.92 Å². The first-order chi connectivity index (χ1) is 4.38. The maximum absolute atomic E-state index is 11.0. The fourth-order valence-corrected chi connectivity index (χ4v) is 2.61. The third-order valence-electron chi connectivity index (χ3n) is 1.98. The number of hydrogen-bond acceptors (Lipinski definition) is 2. The van der Waals surface area contributed by atoms with Gasteiger partial charge in [-0.25, -0.2) is 0 Å². The van der Waals surface area contributed by atoms with Crippen molar-refractivity contribution < 1.29 is 4.79 Å². The Morgan fingerprint density at radius 2 is 2.56 bits per heavy atom. The van der Waals surface area contributed by atoms with Crippen LogP contribution in [0.2, 0.25) is 0 Å². The molecule has 0 aromatic carbocycles. The molecule has 0 aromatic heterocycles. The maximum atomic E-state index is 11.0. The summed E-state index contributed by atoms with van der Waals surface area (Å²) in [6, 6.07) is 0. The molecular weight excluding hydrogens is 132 g/mol. The average Bonchev–Trinajstić information content (AvgIpc) is 2.35. The van der Waals surface area contributed by atoms with Gasteiger partial charge >= 0.3 is 0 Å². The van der Waals surface area contributed by atoms with E-state index in [4.69, 9.17) is 0 Å². The van der Waals surface area contributed by atoms with Crippen LogP contribution in [0.4, 0.5) is 0 Å². The third kappa shape index (κ3) is 0.732. The zero-order valence-corrected chi connectivity index (χ0v) is 5.86. The number of hydrogen-bond donors (Lipinski definition) is 0. The van der Waals surface area contributed by atoms with Crippen LogP contribution in [0.5, 0.6) is 0 Å². The van der Waals surface area contributed by atoms with Crippen molar-refractivity contribution in [2.75, 3.05) is 0 Å². The smallest absolute Gasteiger partial charge is 0.146 e. The second kappa shape index (κ2) is 1.87. The monoisotopic (exact) mass is 140 g/mol. The molecule has 0 radical (unpaired) electrons. The van der Waals surface area contributed by atoms with E-state index in [0.29, 0.717) is 17.0 Å². The third-order valence-corrected chi connectivity index (χ3v) is 3.20. The molecule has 0 N–H and O–H groups in total. The molecule has 0 amide bonds. The molecule has 2 rings (SSSR count). The first-order valence-corrected chi connectivity index (χ1v) is 4.17. The van der Waals surface area contributed by atoms with Gasteiger partial charge < -0.3 is 0 Å². The van der Waals surface area contributed by atoms with Crippen LogP contribution in [0, 0.1) is 5.92 Å². The lowest BCUT2D eigenvalue weighted by atomic mass is 10.1. The van der Waals surface area contributed by atoms with E-state index in [0.717, 1.165) is 12.8 Å². The zero-order chi connectivity index (χ0) is 6.27. The molecule has 0 aromatic rings. The quantitative estimate of drug-likeness (QED) is 0.508. The molecule has 48 valence electrons. The fourth-order valence-electron chi connectivity index (χ4n) is 1.45. The Hall–Kier alpha value is -0.240. The van der Waals surface area contributed by atoms with Crippen molar-refractivity contribution in [1.82, 2.24) is 0 Å². The Bertz CT molecular complexity index is 174. The molecule has 2 atom stereocenters. The summed E-state index contributed by atoms with van der Waals surface area (Å²) in [5.41, 5.74) is 0. The lowest BCUT2D eigenvalue weighted by Crippen LogP contribution is -2.11. The van der Waals surface area contributed by atoms with Crippen LogP contribution >= 0.6 is 11.8 Å². The molecule has 0 spiro atoms. The van der Waals surface area contributed by atoms with E-state index in [1.54, 1.807) is 11.8 Å². The van der Waals surface area contributed by atoms with Crippen LogP contribution < -0.4 is 0 Å². The van der Waals surface area contributed by atoms with E-state index in [1.807, 2.05) is 0 Å². The van der Waals surface area contributed by atoms with Gasteiger partial charge in [-0.05, 0) is 17.7 Å². The number of Topliss-reactive ketones (excluding diaryl/α,β-unsaturated/α-hetero) is 1. The predicted octanol–water partition coefficient (Wildman–Crippen LogP) is 1.59. The summed E-state index contributed by atoms with van der Waals surface area (Å²) in [5.74, 6) is 1.04. The number of ketones is 1. The Morgan fingerprint density at radius 3 is 3.33 bits per heavy atom. The predicted molar refractivity (Wildman–Crippen MR) is 38.3 cm³/mol. The van der Waals surface area contributed by atoms with E-state index in [9.17, 15) is 4.79 Å². The number of allylic oxidation sites excluding steroid dienone is 1. The molecule has 1 nitrogen and oxygen atoms in total. The van der Waals surface area contributed by atoms with Gasteiger partial charge in [-0.15, -0.1) is 11.8 Å². The molecular formula is C7H8OS. The van der Waals surface area contributed by atoms with Crippen LogP contribution in [-0.4, -0.2) is 11.0 Å². The highest BCUT2D eigenvalue weighted by Gasteiger charge is 2.35. The largest absolute Gasteiger partial charge is 0.298 e. The van der Waals surface area contributed by atoms with E-state index >= 15 is 0 Å². The van der Waals surface area contributed by atoms with E-state index in [2.05, 4.69) is 11.5 Å². The maximum Gasteiger partial charge on any atom is 0.146 e. The molecule has 1 saturated carbocycles. The van der Waals surface area contributed by atoms with Gasteiger partial charge in [0.2, 0.25) is 0 Å². The SMILES string of the molecule is O=C1CCC2C=CSC12. The second-order valence-corrected chi connectivity index (χ2v) is 3.61. The number of fused-ring (bicyclic) bond motifs is 1. The minimum Gasteiger partial charge on any atom is -0.298 e. The summed E-state index contributed by atoms with van der Waals surface area (Å²) in [5, 5.41) is 2.37. The average molecular weight is 140 g/mol. The molecule has 1 heterocycles. The van der Waals surface area contributed by atoms with Crippen molar-refractivity contribution in [1.29, 1.82) is 0 Å². The normalized spacial score (nSPS) is 39.8. The number of rotatable bonds is 0. The molecule has 2 heteroatoms. The zero-order valence-electron chi connectivity index (χ0n) is 5.04. The van der Waals surface area contributed by atoms with Crippen molar-refractivity contribution in [3.05, 3.63) is 11.5 Å². The summed E-state index contributed by atoms with van der Waals surface area (Å²) in [6.45, 7) is 0. The summed E-state index contributed by atoms with van der Waals surface area (Å²) in [6.07, 6.45) is 4.07. The summed E-state index contributed by atoms with van der Waals surface area (Å²) in [4.78, 5) is 11.0. The minimum atomic E-state index is 0.310. The van der Waals surface area contributed by atoms with Gasteiger partial charge in [0.05, 0.1) is 5.25 Å². The lowest BCUT2D eigenvalue weighted by Gasteiger charge is -2.02. The van der Waals surface area contributed by atoms with Crippen molar-refractivity contribution in [3.8, 4) is 0 Å². The highest BCUT2D eigenvalue weighted by atomic mass is 32.2. The van der Waals surface area contributed by atoms with Gasteiger partial charge in [0.25, 0.3) is 0 Å². The van der Waals surface area contributed by atoms with Crippen LogP contribution in [0.15, 0.2) is 11.5 Å². The fraction of sp³-hybridized carbons (Fsp3) is 0.571. The molecule has 0 bridgehead atoms. The van der Waals surface area contributed by atoms with Gasteiger partial charge in [-0.3, -0.25) is 4.79 Å². The van der Waals surface area contributed by atoms with Gasteiger partial charge in [0, 0.05) is 6.42 Å². The van der Waals surface area contributed by atoms with Crippen molar-refractivity contribution >= 4 is 17.5 Å².